The van der Waals surface area contributed by atoms with E-state index >= 15 is 0 Å². The van der Waals surface area contributed by atoms with Crippen LogP contribution in [0.25, 0.3) is 0 Å². The number of piperidine rings is 1. The summed E-state index contributed by atoms with van der Waals surface area (Å²) in [6.45, 7) is 0.399. The summed E-state index contributed by atoms with van der Waals surface area (Å²) in [5.41, 5.74) is 0.774. The summed E-state index contributed by atoms with van der Waals surface area (Å²) >= 11 is 0. The highest BCUT2D eigenvalue weighted by Crippen LogP contribution is 2.28. The van der Waals surface area contributed by atoms with Gasteiger partial charge in [-0.1, -0.05) is 6.42 Å². The Bertz CT molecular complexity index is 1150. The van der Waals surface area contributed by atoms with Gasteiger partial charge in [0.1, 0.15) is 5.75 Å². The Morgan fingerprint density at radius 2 is 1.69 bits per heavy atom. The summed E-state index contributed by atoms with van der Waals surface area (Å²) in [5.74, 6) is -1.06. The van der Waals surface area contributed by atoms with Crippen molar-refractivity contribution in [3.8, 4) is 5.75 Å². The van der Waals surface area contributed by atoms with E-state index in [-0.39, 0.29) is 28.5 Å². The fraction of sp³-hybridized carbons (Fsp3) is 0.318. The molecule has 2 aliphatic heterocycles. The van der Waals surface area contributed by atoms with E-state index in [1.165, 1.54) is 40.7 Å². The van der Waals surface area contributed by atoms with Crippen LogP contribution in [0.4, 0.5) is 5.69 Å². The van der Waals surface area contributed by atoms with E-state index in [1.54, 1.807) is 6.07 Å². The van der Waals surface area contributed by atoms with Crippen molar-refractivity contribution in [2.75, 3.05) is 31.6 Å². The Morgan fingerprint density at radius 1 is 1.00 bits per heavy atom. The molecule has 0 saturated carbocycles. The Balaban J connectivity index is 1.37. The fourth-order valence-corrected chi connectivity index (χ4v) is 5.09. The molecule has 0 unspecified atom stereocenters. The highest BCUT2D eigenvalue weighted by Gasteiger charge is 2.26. The summed E-state index contributed by atoms with van der Waals surface area (Å²) in [4.78, 5) is 36.2. The van der Waals surface area contributed by atoms with Crippen LogP contribution in [0.1, 0.15) is 40.0 Å². The average Bonchev–Trinajstić information content (AvgIpc) is 2.82. The fourth-order valence-electron chi connectivity index (χ4n) is 3.57. The summed E-state index contributed by atoms with van der Waals surface area (Å²) in [6, 6.07) is 10.0. The van der Waals surface area contributed by atoms with Crippen molar-refractivity contribution in [1.29, 1.82) is 0 Å². The van der Waals surface area contributed by atoms with Crippen molar-refractivity contribution in [2.45, 2.75) is 24.2 Å². The maximum Gasteiger partial charge on any atom is 0.338 e. The lowest BCUT2D eigenvalue weighted by molar-refractivity contribution is -0.118. The number of fused-ring (bicyclic) bond motifs is 1. The lowest BCUT2D eigenvalue weighted by atomic mass is 10.1. The molecule has 0 spiro atoms. The molecule has 0 aromatic heterocycles. The van der Waals surface area contributed by atoms with Gasteiger partial charge in [0.15, 0.2) is 19.0 Å². The standard InChI is InChI=1S/C22H22N2O7S/c25-19(16-6-9-20-18(12-16)23-21(26)14-30-20)13-31-22(27)15-4-7-17(8-5-15)32(28,29)24-10-2-1-3-11-24/h4-9,12H,1-3,10-11,13-14H2,(H,23,26). The molecule has 0 aliphatic carbocycles. The molecule has 1 fully saturated rings. The van der Waals surface area contributed by atoms with Gasteiger partial charge in [-0.15, -0.1) is 0 Å². The number of hydrogen-bond donors (Lipinski definition) is 1. The maximum absolute atomic E-state index is 12.7. The maximum atomic E-state index is 12.7. The minimum atomic E-state index is -3.59. The van der Waals surface area contributed by atoms with Gasteiger partial charge < -0.3 is 14.8 Å². The minimum Gasteiger partial charge on any atom is -0.482 e. The quantitative estimate of drug-likeness (QED) is 0.521. The first kappa shape index (κ1) is 22.0. The Labute approximate surface area is 185 Å². The third-order valence-corrected chi connectivity index (χ3v) is 7.22. The number of nitrogens with one attached hydrogen (secondary N) is 1. The van der Waals surface area contributed by atoms with Crippen molar-refractivity contribution in [2.24, 2.45) is 0 Å². The second-order valence-electron chi connectivity index (χ2n) is 7.54. The van der Waals surface area contributed by atoms with Gasteiger partial charge in [-0.25, -0.2) is 13.2 Å². The van der Waals surface area contributed by atoms with Gasteiger partial charge in [-0.05, 0) is 55.3 Å². The monoisotopic (exact) mass is 458 g/mol. The molecule has 0 atom stereocenters. The molecule has 0 radical (unpaired) electrons. The summed E-state index contributed by atoms with van der Waals surface area (Å²) < 4.78 is 37.2. The van der Waals surface area contributed by atoms with Gasteiger partial charge in [0, 0.05) is 18.7 Å². The molecule has 4 rings (SSSR count). The number of carbonyl (C=O) groups is 3. The van der Waals surface area contributed by atoms with Crippen molar-refractivity contribution < 1.29 is 32.3 Å². The molecule has 2 aromatic rings. The van der Waals surface area contributed by atoms with E-state index < -0.39 is 28.4 Å². The molecule has 32 heavy (non-hydrogen) atoms. The number of carbonyl (C=O) groups excluding carboxylic acids is 3. The second-order valence-corrected chi connectivity index (χ2v) is 9.47. The molecule has 2 heterocycles. The van der Waals surface area contributed by atoms with E-state index in [1.807, 2.05) is 0 Å². The number of ether oxygens (including phenoxy) is 2. The van der Waals surface area contributed by atoms with Crippen LogP contribution in [0.2, 0.25) is 0 Å². The number of amides is 1. The van der Waals surface area contributed by atoms with Gasteiger partial charge in [-0.3, -0.25) is 9.59 Å². The number of rotatable bonds is 6. The molecule has 2 aromatic carbocycles. The van der Waals surface area contributed by atoms with Crippen molar-refractivity contribution in [3.05, 3.63) is 53.6 Å². The van der Waals surface area contributed by atoms with Crippen LogP contribution in [0.3, 0.4) is 0 Å². The third-order valence-electron chi connectivity index (χ3n) is 5.31. The zero-order valence-corrected chi connectivity index (χ0v) is 18.0. The molecular weight excluding hydrogens is 436 g/mol. The van der Waals surface area contributed by atoms with Crippen molar-refractivity contribution >= 4 is 33.4 Å². The van der Waals surface area contributed by atoms with Crippen LogP contribution in [0, 0.1) is 0 Å². The number of Topliss-reactive ketones (excluding diaryl/α,β-unsaturated/α-hetero) is 1. The summed E-state index contributed by atoms with van der Waals surface area (Å²) in [7, 11) is -3.59. The SMILES string of the molecule is O=C1COc2ccc(C(=O)COC(=O)c3ccc(S(=O)(=O)N4CCCCC4)cc3)cc2N1. The number of nitrogens with zero attached hydrogens (tertiary/aromatic N) is 1. The Kier molecular flexibility index (Phi) is 6.24. The molecule has 168 valence electrons. The van der Waals surface area contributed by atoms with Crippen LogP contribution in [0.5, 0.6) is 5.75 Å². The minimum absolute atomic E-state index is 0.0873. The number of sulfonamides is 1. The van der Waals surface area contributed by atoms with E-state index in [0.29, 0.717) is 24.5 Å². The molecular formula is C22H22N2O7S. The molecule has 0 bridgehead atoms. The van der Waals surface area contributed by atoms with E-state index in [0.717, 1.165) is 19.3 Å². The van der Waals surface area contributed by atoms with Gasteiger partial charge in [0.05, 0.1) is 16.1 Å². The van der Waals surface area contributed by atoms with Gasteiger partial charge in [0.2, 0.25) is 10.0 Å². The highest BCUT2D eigenvalue weighted by molar-refractivity contribution is 7.89. The molecule has 1 saturated heterocycles. The normalized spacial score (nSPS) is 16.4. The van der Waals surface area contributed by atoms with Crippen molar-refractivity contribution in [3.63, 3.8) is 0 Å². The lowest BCUT2D eigenvalue weighted by Gasteiger charge is -2.25. The molecule has 10 heteroatoms. The topological polar surface area (TPSA) is 119 Å². The predicted molar refractivity (Wildman–Crippen MR) is 114 cm³/mol. The largest absolute Gasteiger partial charge is 0.482 e. The number of benzene rings is 2. The van der Waals surface area contributed by atoms with Crippen LogP contribution in [0.15, 0.2) is 47.4 Å². The Hall–Kier alpha value is -3.24. The highest BCUT2D eigenvalue weighted by atomic mass is 32.2. The molecule has 2 aliphatic rings. The first-order valence-electron chi connectivity index (χ1n) is 10.2. The van der Waals surface area contributed by atoms with Crippen LogP contribution in [-0.2, 0) is 19.6 Å². The Morgan fingerprint density at radius 3 is 2.41 bits per heavy atom. The van der Waals surface area contributed by atoms with E-state index in [9.17, 15) is 22.8 Å². The van der Waals surface area contributed by atoms with Gasteiger partial charge in [0.25, 0.3) is 5.91 Å². The average molecular weight is 458 g/mol. The number of esters is 1. The van der Waals surface area contributed by atoms with Crippen LogP contribution < -0.4 is 10.1 Å². The van der Waals surface area contributed by atoms with E-state index in [4.69, 9.17) is 9.47 Å². The number of hydrogen-bond acceptors (Lipinski definition) is 7. The number of ketones is 1. The smallest absolute Gasteiger partial charge is 0.338 e. The van der Waals surface area contributed by atoms with Gasteiger partial charge >= 0.3 is 5.97 Å². The first-order chi connectivity index (χ1) is 15.3. The van der Waals surface area contributed by atoms with Gasteiger partial charge in [-0.2, -0.15) is 4.31 Å². The van der Waals surface area contributed by atoms with E-state index in [2.05, 4.69) is 5.32 Å². The summed E-state index contributed by atoms with van der Waals surface area (Å²) in [6.07, 6.45) is 2.69. The molecule has 9 nitrogen and oxygen atoms in total. The first-order valence-corrected chi connectivity index (χ1v) is 11.7. The zero-order chi connectivity index (χ0) is 22.7. The van der Waals surface area contributed by atoms with Crippen LogP contribution >= 0.6 is 0 Å². The predicted octanol–water partition coefficient (Wildman–Crippen LogP) is 2.23. The van der Waals surface area contributed by atoms with Crippen LogP contribution in [-0.4, -0.2) is 56.7 Å². The summed E-state index contributed by atoms with van der Waals surface area (Å²) in [5, 5.41) is 2.61. The number of anilines is 1. The molecule has 1 amide bonds. The van der Waals surface area contributed by atoms with Crippen molar-refractivity contribution in [1.82, 2.24) is 4.31 Å². The lowest BCUT2D eigenvalue weighted by Crippen LogP contribution is -2.35. The third kappa shape index (κ3) is 4.66. The second kappa shape index (κ2) is 9.09. The zero-order valence-electron chi connectivity index (χ0n) is 17.2. The molecule has 1 N–H and O–H groups in total.